The van der Waals surface area contributed by atoms with Crippen molar-refractivity contribution in [1.82, 2.24) is 14.9 Å². The summed E-state index contributed by atoms with van der Waals surface area (Å²) in [5, 5.41) is 2.86. The number of aromatic nitrogens is 2. The molecule has 0 radical (unpaired) electrons. The van der Waals surface area contributed by atoms with Gasteiger partial charge in [0.15, 0.2) is 0 Å². The highest BCUT2D eigenvalue weighted by atomic mass is 16.5. The normalized spacial score (nSPS) is 14.2. The molecule has 1 amide bonds. The largest absolute Gasteiger partial charge is 0.379 e. The highest BCUT2D eigenvalue weighted by Crippen LogP contribution is 2.28. The molecule has 1 N–H and O–H groups in total. The fourth-order valence-electron chi connectivity index (χ4n) is 1.62. The molecule has 0 atom stereocenters. The maximum atomic E-state index is 12.1. The highest BCUT2D eigenvalue weighted by molar-refractivity contribution is 5.92. The number of nitrogens with one attached hydrogen (secondary N) is 1. The number of hydrogen-bond acceptors (Lipinski definition) is 5. The second-order valence-electron chi connectivity index (χ2n) is 4.78. The minimum atomic E-state index is -0.139. The number of amides is 1. The number of rotatable bonds is 7. The van der Waals surface area contributed by atoms with Crippen LogP contribution >= 0.6 is 0 Å². The molecule has 1 aromatic rings. The molecule has 0 spiro atoms. The van der Waals surface area contributed by atoms with Crippen LogP contribution in [0.1, 0.15) is 23.3 Å². The molecule has 0 saturated heterocycles. The van der Waals surface area contributed by atoms with E-state index in [1.54, 1.807) is 25.2 Å². The summed E-state index contributed by atoms with van der Waals surface area (Å²) in [5.74, 6) is 1.20. The van der Waals surface area contributed by atoms with Gasteiger partial charge in [-0.25, -0.2) is 4.98 Å². The Labute approximate surface area is 113 Å². The third-order valence-corrected chi connectivity index (χ3v) is 3.08. The van der Waals surface area contributed by atoms with Gasteiger partial charge in [-0.05, 0) is 18.8 Å². The van der Waals surface area contributed by atoms with Gasteiger partial charge in [0, 0.05) is 27.2 Å². The molecule has 0 aromatic carbocycles. The van der Waals surface area contributed by atoms with Crippen LogP contribution in [0.15, 0.2) is 12.4 Å². The fraction of sp³-hybridized carbons (Fsp3) is 0.615. The molecule has 2 rings (SSSR count). The van der Waals surface area contributed by atoms with E-state index in [1.807, 2.05) is 0 Å². The Morgan fingerprint density at radius 3 is 3.00 bits per heavy atom. The third-order valence-electron chi connectivity index (χ3n) is 3.08. The standard InChI is InChI=1S/C13H20N4O2/c1-14-12-8-15-7-11(16-12)13(18)17(2)5-6-19-9-10-3-4-10/h7-8,10H,3-6,9H2,1-2H3,(H,14,16). The predicted molar refractivity (Wildman–Crippen MR) is 72.1 cm³/mol. The maximum Gasteiger partial charge on any atom is 0.273 e. The average molecular weight is 264 g/mol. The van der Waals surface area contributed by atoms with E-state index in [1.165, 1.54) is 19.0 Å². The molecule has 1 fully saturated rings. The highest BCUT2D eigenvalue weighted by Gasteiger charge is 2.21. The summed E-state index contributed by atoms with van der Waals surface area (Å²) in [4.78, 5) is 21.9. The first-order chi connectivity index (χ1) is 9.20. The van der Waals surface area contributed by atoms with E-state index in [-0.39, 0.29) is 5.91 Å². The molecule has 0 bridgehead atoms. The Balaban J connectivity index is 1.79. The molecule has 0 aliphatic heterocycles. The summed E-state index contributed by atoms with van der Waals surface area (Å²) < 4.78 is 5.52. The molecular formula is C13H20N4O2. The van der Waals surface area contributed by atoms with Gasteiger partial charge in [-0.2, -0.15) is 0 Å². The van der Waals surface area contributed by atoms with Crippen molar-refractivity contribution in [3.63, 3.8) is 0 Å². The zero-order chi connectivity index (χ0) is 13.7. The average Bonchev–Trinajstić information content (AvgIpc) is 3.26. The van der Waals surface area contributed by atoms with Crippen molar-refractivity contribution in [3.8, 4) is 0 Å². The van der Waals surface area contributed by atoms with Crippen LogP contribution in [0.4, 0.5) is 5.82 Å². The lowest BCUT2D eigenvalue weighted by atomic mass is 10.4. The lowest BCUT2D eigenvalue weighted by Crippen LogP contribution is -2.31. The number of ether oxygens (including phenoxy) is 1. The SMILES string of the molecule is CNc1cncc(C(=O)N(C)CCOCC2CC2)n1. The van der Waals surface area contributed by atoms with Crippen LogP contribution in [0.2, 0.25) is 0 Å². The van der Waals surface area contributed by atoms with Crippen molar-refractivity contribution in [2.24, 2.45) is 5.92 Å². The van der Waals surface area contributed by atoms with E-state index in [0.717, 1.165) is 12.5 Å². The molecule has 104 valence electrons. The maximum absolute atomic E-state index is 12.1. The van der Waals surface area contributed by atoms with Gasteiger partial charge in [-0.15, -0.1) is 0 Å². The topological polar surface area (TPSA) is 67.4 Å². The molecule has 1 saturated carbocycles. The van der Waals surface area contributed by atoms with Crippen LogP contribution in [0.3, 0.4) is 0 Å². The van der Waals surface area contributed by atoms with Gasteiger partial charge in [-0.1, -0.05) is 0 Å². The molecule has 6 heteroatoms. The van der Waals surface area contributed by atoms with E-state index < -0.39 is 0 Å². The quantitative estimate of drug-likeness (QED) is 0.745. The molecular weight excluding hydrogens is 244 g/mol. The van der Waals surface area contributed by atoms with Crippen molar-refractivity contribution in [2.45, 2.75) is 12.8 Å². The third kappa shape index (κ3) is 4.17. The van der Waals surface area contributed by atoms with Gasteiger partial charge in [-0.3, -0.25) is 9.78 Å². The minimum absolute atomic E-state index is 0.139. The second kappa shape index (κ2) is 6.47. The first kappa shape index (κ1) is 13.7. The smallest absolute Gasteiger partial charge is 0.273 e. The number of anilines is 1. The van der Waals surface area contributed by atoms with Crippen molar-refractivity contribution in [1.29, 1.82) is 0 Å². The molecule has 0 unspecified atom stereocenters. The van der Waals surface area contributed by atoms with Crippen LogP contribution in [-0.4, -0.2) is 54.6 Å². The van der Waals surface area contributed by atoms with Crippen LogP contribution in [-0.2, 0) is 4.74 Å². The molecule has 1 aliphatic rings. The van der Waals surface area contributed by atoms with Crippen LogP contribution in [0.5, 0.6) is 0 Å². The van der Waals surface area contributed by atoms with Crippen molar-refractivity contribution >= 4 is 11.7 Å². The van der Waals surface area contributed by atoms with E-state index in [9.17, 15) is 4.79 Å². The number of nitrogens with zero attached hydrogens (tertiary/aromatic N) is 3. The van der Waals surface area contributed by atoms with E-state index in [0.29, 0.717) is 24.7 Å². The number of hydrogen-bond donors (Lipinski definition) is 1. The first-order valence-electron chi connectivity index (χ1n) is 6.53. The van der Waals surface area contributed by atoms with Gasteiger partial charge in [0.25, 0.3) is 5.91 Å². The summed E-state index contributed by atoms with van der Waals surface area (Å²) >= 11 is 0. The van der Waals surface area contributed by atoms with Crippen molar-refractivity contribution in [3.05, 3.63) is 18.1 Å². The Bertz CT molecular complexity index is 434. The van der Waals surface area contributed by atoms with Gasteiger partial charge in [0.2, 0.25) is 0 Å². The molecule has 1 aliphatic carbocycles. The Kier molecular flexibility index (Phi) is 4.68. The van der Waals surface area contributed by atoms with Crippen LogP contribution in [0, 0.1) is 5.92 Å². The summed E-state index contributed by atoms with van der Waals surface area (Å²) in [7, 11) is 3.49. The lowest BCUT2D eigenvalue weighted by molar-refractivity contribution is 0.0676. The number of likely N-dealkylation sites (N-methyl/N-ethyl adjacent to an activating group) is 1. The van der Waals surface area contributed by atoms with Gasteiger partial charge in [0.05, 0.1) is 19.0 Å². The lowest BCUT2D eigenvalue weighted by Gasteiger charge is -2.16. The predicted octanol–water partition coefficient (Wildman–Crippen LogP) is 1.02. The zero-order valence-electron chi connectivity index (χ0n) is 11.4. The number of carbonyl (C=O) groups excluding carboxylic acids is 1. The summed E-state index contributed by atoms with van der Waals surface area (Å²) in [6.07, 6.45) is 5.61. The van der Waals surface area contributed by atoms with Gasteiger partial charge < -0.3 is 15.0 Å². The Hall–Kier alpha value is -1.69. The summed E-state index contributed by atoms with van der Waals surface area (Å²) in [6.45, 7) is 1.95. The van der Waals surface area contributed by atoms with E-state index in [2.05, 4.69) is 15.3 Å². The molecule has 19 heavy (non-hydrogen) atoms. The van der Waals surface area contributed by atoms with Gasteiger partial charge >= 0.3 is 0 Å². The first-order valence-corrected chi connectivity index (χ1v) is 6.53. The monoisotopic (exact) mass is 264 g/mol. The minimum Gasteiger partial charge on any atom is -0.379 e. The molecule has 1 aromatic heterocycles. The number of carbonyl (C=O) groups is 1. The van der Waals surface area contributed by atoms with Gasteiger partial charge in [0.1, 0.15) is 11.5 Å². The Morgan fingerprint density at radius 2 is 2.32 bits per heavy atom. The van der Waals surface area contributed by atoms with Crippen LogP contribution in [0.25, 0.3) is 0 Å². The Morgan fingerprint density at radius 1 is 1.53 bits per heavy atom. The molecule has 1 heterocycles. The fourth-order valence-corrected chi connectivity index (χ4v) is 1.62. The van der Waals surface area contributed by atoms with Crippen molar-refractivity contribution in [2.75, 3.05) is 39.2 Å². The van der Waals surface area contributed by atoms with E-state index in [4.69, 9.17) is 4.74 Å². The second-order valence-corrected chi connectivity index (χ2v) is 4.78. The van der Waals surface area contributed by atoms with Crippen LogP contribution < -0.4 is 5.32 Å². The summed E-state index contributed by atoms with van der Waals surface area (Å²) in [5.41, 5.74) is 0.344. The zero-order valence-corrected chi connectivity index (χ0v) is 11.4. The van der Waals surface area contributed by atoms with Crippen molar-refractivity contribution < 1.29 is 9.53 Å². The molecule has 6 nitrogen and oxygen atoms in total. The van der Waals surface area contributed by atoms with E-state index >= 15 is 0 Å². The summed E-state index contributed by atoms with van der Waals surface area (Å²) in [6, 6.07) is 0.